The van der Waals surface area contributed by atoms with Gasteiger partial charge in [-0.1, -0.05) is 60.7 Å². The van der Waals surface area contributed by atoms with Gasteiger partial charge in [0.1, 0.15) is 5.82 Å². The van der Waals surface area contributed by atoms with Gasteiger partial charge in [-0.05, 0) is 47.4 Å². The number of fused-ring (bicyclic) bond motifs is 2. The van der Waals surface area contributed by atoms with Crippen molar-refractivity contribution in [1.82, 2.24) is 9.88 Å². The molecule has 0 aliphatic carbocycles. The zero-order valence-electron chi connectivity index (χ0n) is 18.1. The topological polar surface area (TPSA) is 36.4 Å². The molecule has 0 spiro atoms. The average molecular weight is 410 g/mol. The number of amides is 1. The fraction of sp³-hybridized carbons (Fsp3) is 0.259. The van der Waals surface area contributed by atoms with Gasteiger partial charge in [0.25, 0.3) is 0 Å². The summed E-state index contributed by atoms with van der Waals surface area (Å²) in [6.45, 7) is 7.35. The lowest BCUT2D eigenvalue weighted by atomic mass is 10.0. The zero-order valence-corrected chi connectivity index (χ0v) is 18.1. The van der Waals surface area contributed by atoms with E-state index >= 15 is 0 Å². The molecule has 4 heteroatoms. The van der Waals surface area contributed by atoms with E-state index < -0.39 is 0 Å². The summed E-state index contributed by atoms with van der Waals surface area (Å²) in [5, 5.41) is 3.57. The molecular weight excluding hydrogens is 382 g/mol. The van der Waals surface area contributed by atoms with Crippen LogP contribution in [0.3, 0.4) is 0 Å². The van der Waals surface area contributed by atoms with Crippen LogP contribution in [0.15, 0.2) is 66.7 Å². The second kappa shape index (κ2) is 8.03. The van der Waals surface area contributed by atoms with Crippen molar-refractivity contribution in [2.45, 2.75) is 20.3 Å². The molecule has 4 nitrogen and oxygen atoms in total. The van der Waals surface area contributed by atoms with E-state index in [1.54, 1.807) is 0 Å². The maximum atomic E-state index is 13.0. The van der Waals surface area contributed by atoms with E-state index in [1.165, 1.54) is 27.3 Å². The van der Waals surface area contributed by atoms with Crippen molar-refractivity contribution >= 4 is 33.4 Å². The first-order valence-corrected chi connectivity index (χ1v) is 11.0. The average Bonchev–Trinajstić information content (AvgIpc) is 2.80. The van der Waals surface area contributed by atoms with Gasteiger partial charge in [-0.3, -0.25) is 4.79 Å². The summed E-state index contributed by atoms with van der Waals surface area (Å²) in [6.07, 6.45) is 0.452. The van der Waals surface area contributed by atoms with Crippen LogP contribution in [0.25, 0.3) is 21.7 Å². The van der Waals surface area contributed by atoms with Gasteiger partial charge in [-0.2, -0.15) is 0 Å². The van der Waals surface area contributed by atoms with E-state index in [1.807, 2.05) is 23.1 Å². The zero-order chi connectivity index (χ0) is 21.4. The van der Waals surface area contributed by atoms with E-state index in [4.69, 9.17) is 4.98 Å². The van der Waals surface area contributed by atoms with Crippen molar-refractivity contribution in [3.63, 3.8) is 0 Å². The predicted molar refractivity (Wildman–Crippen MR) is 128 cm³/mol. The number of aryl methyl sites for hydroxylation is 2. The minimum Gasteiger partial charge on any atom is -0.353 e. The third-order valence-corrected chi connectivity index (χ3v) is 6.41. The van der Waals surface area contributed by atoms with Gasteiger partial charge in [-0.15, -0.1) is 0 Å². The number of anilines is 1. The number of carbonyl (C=O) groups is 1. The fourth-order valence-corrected chi connectivity index (χ4v) is 4.61. The molecule has 0 atom stereocenters. The number of pyridine rings is 1. The SMILES string of the molecule is Cc1cc(N2CCN(C(=O)Cc3cccc4ccccc34)CC2)nc2c(C)cccc12. The third-order valence-electron chi connectivity index (χ3n) is 6.41. The number of nitrogens with zero attached hydrogens (tertiary/aromatic N) is 3. The summed E-state index contributed by atoms with van der Waals surface area (Å²) >= 11 is 0. The Morgan fingerprint density at radius 2 is 1.55 bits per heavy atom. The Morgan fingerprint density at radius 3 is 2.39 bits per heavy atom. The largest absolute Gasteiger partial charge is 0.353 e. The van der Waals surface area contributed by atoms with E-state index in [2.05, 4.69) is 67.3 Å². The third kappa shape index (κ3) is 3.74. The Balaban J connectivity index is 1.30. The molecule has 0 saturated carbocycles. The second-order valence-corrected chi connectivity index (χ2v) is 8.45. The molecule has 0 radical (unpaired) electrons. The Labute approximate surface area is 183 Å². The minimum atomic E-state index is 0.203. The molecule has 1 saturated heterocycles. The van der Waals surface area contributed by atoms with Gasteiger partial charge in [0.05, 0.1) is 11.9 Å². The van der Waals surface area contributed by atoms with Crippen molar-refractivity contribution in [3.8, 4) is 0 Å². The van der Waals surface area contributed by atoms with Crippen molar-refractivity contribution in [3.05, 3.63) is 83.4 Å². The highest BCUT2D eigenvalue weighted by atomic mass is 16.2. The van der Waals surface area contributed by atoms with E-state index in [0.29, 0.717) is 6.42 Å². The summed E-state index contributed by atoms with van der Waals surface area (Å²) in [6, 6.07) is 23.0. The second-order valence-electron chi connectivity index (χ2n) is 8.45. The molecule has 0 bridgehead atoms. The van der Waals surface area contributed by atoms with E-state index in [0.717, 1.165) is 43.1 Å². The van der Waals surface area contributed by atoms with Crippen LogP contribution in [-0.2, 0) is 11.2 Å². The molecule has 0 unspecified atom stereocenters. The molecule has 0 N–H and O–H groups in total. The van der Waals surface area contributed by atoms with Crippen LogP contribution in [0.1, 0.15) is 16.7 Å². The number of benzene rings is 3. The van der Waals surface area contributed by atoms with Crippen molar-refractivity contribution < 1.29 is 4.79 Å². The number of hydrogen-bond acceptors (Lipinski definition) is 3. The summed E-state index contributed by atoms with van der Waals surface area (Å²) in [4.78, 5) is 22.3. The van der Waals surface area contributed by atoms with Crippen molar-refractivity contribution in [2.75, 3.05) is 31.1 Å². The van der Waals surface area contributed by atoms with Crippen LogP contribution < -0.4 is 4.90 Å². The smallest absolute Gasteiger partial charge is 0.227 e. The molecule has 5 rings (SSSR count). The monoisotopic (exact) mass is 409 g/mol. The Morgan fingerprint density at radius 1 is 0.839 bits per heavy atom. The van der Waals surface area contributed by atoms with Crippen molar-refractivity contribution in [1.29, 1.82) is 0 Å². The normalized spacial score (nSPS) is 14.4. The summed E-state index contributed by atoms with van der Waals surface area (Å²) < 4.78 is 0. The molecule has 1 fully saturated rings. The van der Waals surface area contributed by atoms with Crippen LogP contribution in [-0.4, -0.2) is 42.0 Å². The molecule has 1 amide bonds. The predicted octanol–water partition coefficient (Wildman–Crippen LogP) is 4.90. The molecule has 3 aromatic carbocycles. The Hall–Kier alpha value is -3.40. The molecule has 4 aromatic rings. The lowest BCUT2D eigenvalue weighted by molar-refractivity contribution is -0.130. The van der Waals surface area contributed by atoms with Gasteiger partial charge in [-0.25, -0.2) is 4.98 Å². The molecular formula is C27H27N3O. The van der Waals surface area contributed by atoms with Crippen LogP contribution in [0.5, 0.6) is 0 Å². The van der Waals surface area contributed by atoms with E-state index in [9.17, 15) is 4.79 Å². The first-order valence-electron chi connectivity index (χ1n) is 11.0. The molecule has 156 valence electrons. The molecule has 1 aliphatic heterocycles. The molecule has 31 heavy (non-hydrogen) atoms. The number of para-hydroxylation sites is 1. The van der Waals surface area contributed by atoms with Gasteiger partial charge in [0.2, 0.25) is 5.91 Å². The standard InChI is InChI=1S/C27H27N3O/c1-19-7-5-12-23-20(2)17-25(28-27(19)23)29-13-15-30(16-14-29)26(31)18-22-10-6-9-21-8-3-4-11-24(21)22/h3-12,17H,13-16,18H2,1-2H3. The quantitative estimate of drug-likeness (QED) is 0.483. The molecule has 2 heterocycles. The maximum Gasteiger partial charge on any atom is 0.227 e. The molecule has 1 aromatic heterocycles. The number of piperazine rings is 1. The fourth-order valence-electron chi connectivity index (χ4n) is 4.61. The lowest BCUT2D eigenvalue weighted by Crippen LogP contribution is -2.49. The maximum absolute atomic E-state index is 13.0. The van der Waals surface area contributed by atoms with Crippen LogP contribution >= 0.6 is 0 Å². The highest BCUT2D eigenvalue weighted by molar-refractivity contribution is 5.90. The van der Waals surface area contributed by atoms with Gasteiger partial charge < -0.3 is 9.80 Å². The van der Waals surface area contributed by atoms with Crippen LogP contribution in [0.4, 0.5) is 5.82 Å². The number of rotatable bonds is 3. The molecule has 1 aliphatic rings. The summed E-state index contributed by atoms with van der Waals surface area (Å²) in [5.74, 6) is 1.22. The lowest BCUT2D eigenvalue weighted by Gasteiger charge is -2.36. The van der Waals surface area contributed by atoms with Gasteiger partial charge in [0.15, 0.2) is 0 Å². The van der Waals surface area contributed by atoms with E-state index in [-0.39, 0.29) is 5.91 Å². The van der Waals surface area contributed by atoms with Crippen molar-refractivity contribution in [2.24, 2.45) is 0 Å². The number of hydrogen-bond donors (Lipinski definition) is 0. The van der Waals surface area contributed by atoms with Crippen LogP contribution in [0.2, 0.25) is 0 Å². The highest BCUT2D eigenvalue weighted by Gasteiger charge is 2.23. The van der Waals surface area contributed by atoms with Gasteiger partial charge >= 0.3 is 0 Å². The summed E-state index contributed by atoms with van der Waals surface area (Å²) in [5.41, 5.74) is 4.63. The minimum absolute atomic E-state index is 0.203. The number of aromatic nitrogens is 1. The van der Waals surface area contributed by atoms with Crippen LogP contribution in [0, 0.1) is 13.8 Å². The Kier molecular flexibility index (Phi) is 5.06. The first-order chi connectivity index (χ1) is 15.1. The Bertz CT molecular complexity index is 1270. The summed E-state index contributed by atoms with van der Waals surface area (Å²) in [7, 11) is 0. The number of carbonyl (C=O) groups excluding carboxylic acids is 1. The first kappa shape index (κ1) is 19.6. The highest BCUT2D eigenvalue weighted by Crippen LogP contribution is 2.26. The van der Waals surface area contributed by atoms with Gasteiger partial charge in [0, 0.05) is 31.6 Å².